The normalized spacial score (nSPS) is 15.3. The van der Waals surface area contributed by atoms with Gasteiger partial charge in [-0.05, 0) is 36.6 Å². The lowest BCUT2D eigenvalue weighted by Crippen LogP contribution is -2.40. The van der Waals surface area contributed by atoms with Crippen molar-refractivity contribution in [2.24, 2.45) is 0 Å². The molecule has 0 radical (unpaired) electrons. The number of benzene rings is 2. The van der Waals surface area contributed by atoms with E-state index < -0.39 is 0 Å². The minimum atomic E-state index is -0.265. The monoisotopic (exact) mass is 435 g/mol. The summed E-state index contributed by atoms with van der Waals surface area (Å²) in [6, 6.07) is 13.7. The molecule has 3 aromatic rings. The van der Waals surface area contributed by atoms with E-state index in [1.807, 2.05) is 48.7 Å². The number of carbonyl (C=O) groups is 2. The second-order valence-electron chi connectivity index (χ2n) is 7.67. The Morgan fingerprint density at radius 1 is 1.26 bits per heavy atom. The van der Waals surface area contributed by atoms with Crippen LogP contribution >= 0.6 is 11.3 Å². The molecule has 1 aliphatic rings. The molecule has 0 spiro atoms. The number of methoxy groups -OCH3 is 1. The Bertz CT molecular complexity index is 1120. The summed E-state index contributed by atoms with van der Waals surface area (Å²) in [5.74, 6) is 0.560. The van der Waals surface area contributed by atoms with Gasteiger partial charge >= 0.3 is 0 Å². The van der Waals surface area contributed by atoms with Gasteiger partial charge in [-0.2, -0.15) is 0 Å². The van der Waals surface area contributed by atoms with Crippen LogP contribution < -0.4 is 10.1 Å². The number of aryl methyl sites for hydroxylation is 1. The van der Waals surface area contributed by atoms with E-state index in [1.165, 1.54) is 16.9 Å². The highest BCUT2D eigenvalue weighted by Gasteiger charge is 2.30. The van der Waals surface area contributed by atoms with E-state index in [2.05, 4.69) is 16.4 Å². The Labute approximate surface area is 185 Å². The van der Waals surface area contributed by atoms with Crippen LogP contribution in [0.2, 0.25) is 0 Å². The largest absolute Gasteiger partial charge is 0.496 e. The summed E-state index contributed by atoms with van der Waals surface area (Å²) < 4.78 is 5.45. The van der Waals surface area contributed by atoms with Crippen LogP contribution in [0.5, 0.6) is 5.75 Å². The average Bonchev–Trinajstić information content (AvgIpc) is 3.21. The second-order valence-corrected chi connectivity index (χ2v) is 8.53. The van der Waals surface area contributed by atoms with Crippen molar-refractivity contribution in [3.8, 4) is 17.0 Å². The molecule has 4 rings (SSSR count). The Balaban J connectivity index is 1.52. The van der Waals surface area contributed by atoms with Crippen LogP contribution in [0.3, 0.4) is 0 Å². The maximum absolute atomic E-state index is 12.9. The van der Waals surface area contributed by atoms with Crippen LogP contribution in [0.25, 0.3) is 11.3 Å². The third-order valence-corrected chi connectivity index (χ3v) is 6.33. The molecule has 2 amide bonds. The molecule has 2 heterocycles. The van der Waals surface area contributed by atoms with Crippen LogP contribution in [-0.4, -0.2) is 35.4 Å². The first kappa shape index (κ1) is 21.1. The number of ether oxygens (including phenoxy) is 1. The van der Waals surface area contributed by atoms with E-state index in [4.69, 9.17) is 4.74 Å². The van der Waals surface area contributed by atoms with E-state index in [0.717, 1.165) is 34.6 Å². The topological polar surface area (TPSA) is 71.5 Å². The minimum absolute atomic E-state index is 0.0182. The maximum atomic E-state index is 12.9. The summed E-state index contributed by atoms with van der Waals surface area (Å²) in [4.78, 5) is 31.4. The zero-order chi connectivity index (χ0) is 22.0. The summed E-state index contributed by atoms with van der Waals surface area (Å²) >= 11 is 1.37. The highest BCUT2D eigenvalue weighted by molar-refractivity contribution is 7.14. The molecule has 7 heteroatoms. The molecule has 1 aliphatic heterocycles. The van der Waals surface area contributed by atoms with E-state index in [1.54, 1.807) is 18.9 Å². The van der Waals surface area contributed by atoms with Crippen molar-refractivity contribution < 1.29 is 14.3 Å². The number of hydrogen-bond donors (Lipinski definition) is 1. The average molecular weight is 436 g/mol. The summed E-state index contributed by atoms with van der Waals surface area (Å²) in [5, 5.41) is 5.35. The van der Waals surface area contributed by atoms with E-state index >= 15 is 0 Å². The van der Waals surface area contributed by atoms with Gasteiger partial charge in [-0.1, -0.05) is 35.9 Å². The molecule has 1 aromatic heterocycles. The molecule has 0 aliphatic carbocycles. The van der Waals surface area contributed by atoms with Gasteiger partial charge in [0, 0.05) is 24.4 Å². The molecule has 2 aromatic carbocycles. The first-order chi connectivity index (χ1) is 15.0. The molecule has 1 atom stereocenters. The smallest absolute Gasteiger partial charge is 0.228 e. The molecule has 0 fully saturated rings. The lowest BCUT2D eigenvalue weighted by Gasteiger charge is -2.36. The number of hydrogen-bond acceptors (Lipinski definition) is 5. The van der Waals surface area contributed by atoms with Gasteiger partial charge in [0.2, 0.25) is 11.8 Å². The Kier molecular flexibility index (Phi) is 6.04. The van der Waals surface area contributed by atoms with Crippen molar-refractivity contribution in [2.75, 3.05) is 19.0 Å². The van der Waals surface area contributed by atoms with Gasteiger partial charge in [0.05, 0.1) is 25.3 Å². The Morgan fingerprint density at radius 3 is 2.84 bits per heavy atom. The van der Waals surface area contributed by atoms with Crippen molar-refractivity contribution in [1.29, 1.82) is 0 Å². The van der Waals surface area contributed by atoms with Gasteiger partial charge in [0.1, 0.15) is 5.75 Å². The van der Waals surface area contributed by atoms with Crippen molar-refractivity contribution >= 4 is 28.3 Å². The zero-order valence-electron chi connectivity index (χ0n) is 17.8. The quantitative estimate of drug-likeness (QED) is 0.636. The number of nitrogens with zero attached hydrogens (tertiary/aromatic N) is 2. The number of aromatic nitrogens is 1. The zero-order valence-corrected chi connectivity index (χ0v) is 18.7. The lowest BCUT2D eigenvalue weighted by molar-refractivity contribution is -0.132. The Hall–Kier alpha value is -3.19. The first-order valence-corrected chi connectivity index (χ1v) is 11.1. The Morgan fingerprint density at radius 2 is 2.06 bits per heavy atom. The fourth-order valence-corrected chi connectivity index (χ4v) is 4.80. The summed E-state index contributed by atoms with van der Waals surface area (Å²) in [5.41, 5.74) is 5.00. The summed E-state index contributed by atoms with van der Waals surface area (Å²) in [7, 11) is 1.63. The number of thiazole rings is 1. The molecule has 0 saturated heterocycles. The maximum Gasteiger partial charge on any atom is 0.228 e. The number of amides is 2. The van der Waals surface area contributed by atoms with E-state index in [-0.39, 0.29) is 24.3 Å². The highest BCUT2D eigenvalue weighted by Crippen LogP contribution is 2.35. The van der Waals surface area contributed by atoms with Crippen LogP contribution in [0, 0.1) is 6.92 Å². The summed E-state index contributed by atoms with van der Waals surface area (Å²) in [6.07, 6.45) is 1.00. The predicted octanol–water partition coefficient (Wildman–Crippen LogP) is 4.60. The van der Waals surface area contributed by atoms with Crippen molar-refractivity contribution in [1.82, 2.24) is 9.88 Å². The lowest BCUT2D eigenvalue weighted by atomic mass is 9.90. The number of fused-ring (bicyclic) bond motifs is 1. The molecule has 1 N–H and O–H groups in total. The van der Waals surface area contributed by atoms with Gasteiger partial charge < -0.3 is 15.0 Å². The van der Waals surface area contributed by atoms with Crippen molar-refractivity contribution in [3.63, 3.8) is 0 Å². The molecule has 1 unspecified atom stereocenters. The van der Waals surface area contributed by atoms with Gasteiger partial charge in [-0.15, -0.1) is 11.3 Å². The van der Waals surface area contributed by atoms with Gasteiger partial charge in [0.15, 0.2) is 5.13 Å². The standard InChI is InChI=1S/C24H25N3O3S/c1-15-8-9-22(30-3)19(12-15)20-14-31-24(25-20)26-23(29)13-21-18-7-5-4-6-17(18)10-11-27(21)16(2)28/h4-9,12,14,21H,10-11,13H2,1-3H3,(H,25,26,29). The molecular formula is C24H25N3O3S. The third-order valence-electron chi connectivity index (χ3n) is 5.58. The summed E-state index contributed by atoms with van der Waals surface area (Å²) in [6.45, 7) is 4.20. The molecule has 160 valence electrons. The molecule has 0 saturated carbocycles. The van der Waals surface area contributed by atoms with Crippen molar-refractivity contribution in [2.45, 2.75) is 32.7 Å². The number of nitrogens with one attached hydrogen (secondary N) is 1. The number of rotatable bonds is 5. The van der Waals surface area contributed by atoms with E-state index in [9.17, 15) is 9.59 Å². The molecule has 6 nitrogen and oxygen atoms in total. The SMILES string of the molecule is COc1ccc(C)cc1-c1csc(NC(=O)CC2c3ccccc3CCN2C(C)=O)n1. The minimum Gasteiger partial charge on any atom is -0.496 e. The van der Waals surface area contributed by atoms with E-state index in [0.29, 0.717) is 11.7 Å². The third kappa shape index (κ3) is 4.46. The first-order valence-electron chi connectivity index (χ1n) is 10.2. The molecular weight excluding hydrogens is 410 g/mol. The fraction of sp³-hybridized carbons (Fsp3) is 0.292. The van der Waals surface area contributed by atoms with Gasteiger partial charge in [-0.25, -0.2) is 4.98 Å². The predicted molar refractivity (Wildman–Crippen MR) is 122 cm³/mol. The van der Waals surface area contributed by atoms with Crippen LogP contribution in [0.15, 0.2) is 47.8 Å². The van der Waals surface area contributed by atoms with Gasteiger partial charge in [0.25, 0.3) is 0 Å². The molecule has 0 bridgehead atoms. The second kappa shape index (κ2) is 8.89. The molecule has 31 heavy (non-hydrogen) atoms. The van der Waals surface area contributed by atoms with Crippen molar-refractivity contribution in [3.05, 3.63) is 64.5 Å². The number of carbonyl (C=O) groups excluding carboxylic acids is 2. The van der Waals surface area contributed by atoms with Gasteiger partial charge in [-0.3, -0.25) is 9.59 Å². The fourth-order valence-electron chi connectivity index (χ4n) is 4.07. The van der Waals surface area contributed by atoms with Crippen LogP contribution in [-0.2, 0) is 16.0 Å². The number of anilines is 1. The van der Waals surface area contributed by atoms with Crippen LogP contribution in [0.1, 0.15) is 36.1 Å². The highest BCUT2D eigenvalue weighted by atomic mass is 32.1. The van der Waals surface area contributed by atoms with Crippen LogP contribution in [0.4, 0.5) is 5.13 Å².